The third-order valence-electron chi connectivity index (χ3n) is 2.32. The molecule has 2 heterocycles. The molecule has 0 amide bonds. The summed E-state index contributed by atoms with van der Waals surface area (Å²) < 4.78 is 2.66. The van der Waals surface area contributed by atoms with Gasteiger partial charge in [-0.3, -0.25) is 14.0 Å². The first-order valence-corrected chi connectivity index (χ1v) is 4.92. The highest BCUT2D eigenvalue weighted by Gasteiger charge is 2.10. The van der Waals surface area contributed by atoms with Crippen LogP contribution in [-0.2, 0) is 17.8 Å². The summed E-state index contributed by atoms with van der Waals surface area (Å²) in [6, 6.07) is 3.39. The van der Waals surface area contributed by atoms with Crippen molar-refractivity contribution in [3.8, 4) is 0 Å². The maximum atomic E-state index is 11.8. The van der Waals surface area contributed by atoms with Crippen LogP contribution in [0, 0.1) is 0 Å². The normalized spacial score (nSPS) is 10.8. The summed E-state index contributed by atoms with van der Waals surface area (Å²) in [5.74, 6) is -0.409. The first-order valence-electron chi connectivity index (χ1n) is 4.92. The van der Waals surface area contributed by atoms with Gasteiger partial charge in [-0.15, -0.1) is 0 Å². The molecule has 2 aromatic heterocycles. The molecule has 2 rings (SSSR count). The van der Waals surface area contributed by atoms with Gasteiger partial charge in [0.05, 0.1) is 0 Å². The number of fused-ring (bicyclic) bond motifs is 1. The third kappa shape index (κ3) is 1.58. The molecule has 0 aliphatic rings. The standard InChI is InChI=1S/C10H11N3O3/c1-2-8-11-13(6-9(14)15)10(16)7-4-3-5-12(7)8/h3-5H,2,6H2,1H3,(H,14,15). The lowest BCUT2D eigenvalue weighted by Gasteiger charge is -2.06. The van der Waals surface area contributed by atoms with Crippen molar-refractivity contribution in [2.45, 2.75) is 19.9 Å². The van der Waals surface area contributed by atoms with Gasteiger partial charge in [-0.05, 0) is 12.1 Å². The SMILES string of the molecule is CCc1nn(CC(=O)O)c(=O)c2cccn12. The van der Waals surface area contributed by atoms with E-state index in [9.17, 15) is 9.59 Å². The van der Waals surface area contributed by atoms with Crippen LogP contribution in [0.5, 0.6) is 0 Å². The second kappa shape index (κ2) is 3.80. The molecule has 0 saturated carbocycles. The number of carboxylic acid groups (broad SMARTS) is 1. The summed E-state index contributed by atoms with van der Waals surface area (Å²) in [6.07, 6.45) is 2.37. The lowest BCUT2D eigenvalue weighted by molar-refractivity contribution is -0.138. The minimum atomic E-state index is -1.08. The van der Waals surface area contributed by atoms with E-state index >= 15 is 0 Å². The van der Waals surface area contributed by atoms with Crippen LogP contribution in [0.4, 0.5) is 0 Å². The predicted octanol–water partition coefficient (Wildman–Crippen LogP) is 0.143. The van der Waals surface area contributed by atoms with E-state index in [1.807, 2.05) is 6.92 Å². The molecule has 0 aromatic carbocycles. The Labute approximate surface area is 90.7 Å². The van der Waals surface area contributed by atoms with Gasteiger partial charge in [-0.25, -0.2) is 4.68 Å². The van der Waals surface area contributed by atoms with E-state index in [1.165, 1.54) is 0 Å². The molecule has 0 fully saturated rings. The fraction of sp³-hybridized carbons (Fsp3) is 0.300. The second-order valence-corrected chi connectivity index (χ2v) is 3.39. The molecular formula is C10H11N3O3. The number of carbonyl (C=O) groups is 1. The van der Waals surface area contributed by atoms with Crippen LogP contribution in [0.25, 0.3) is 5.52 Å². The quantitative estimate of drug-likeness (QED) is 0.800. The fourth-order valence-electron chi connectivity index (χ4n) is 1.62. The zero-order valence-corrected chi connectivity index (χ0v) is 8.75. The van der Waals surface area contributed by atoms with Crippen LogP contribution in [0.1, 0.15) is 12.7 Å². The van der Waals surface area contributed by atoms with Crippen molar-refractivity contribution in [1.29, 1.82) is 0 Å². The second-order valence-electron chi connectivity index (χ2n) is 3.39. The minimum Gasteiger partial charge on any atom is -0.480 e. The van der Waals surface area contributed by atoms with Crippen molar-refractivity contribution in [1.82, 2.24) is 14.2 Å². The lowest BCUT2D eigenvalue weighted by atomic mass is 10.4. The number of hydrogen-bond acceptors (Lipinski definition) is 3. The number of carboxylic acids is 1. The predicted molar refractivity (Wildman–Crippen MR) is 56.5 cm³/mol. The van der Waals surface area contributed by atoms with Crippen LogP contribution in [0.15, 0.2) is 23.1 Å². The summed E-state index contributed by atoms with van der Waals surface area (Å²) in [5, 5.41) is 12.7. The first-order chi connectivity index (χ1) is 7.63. The Bertz CT molecular complexity index is 597. The molecular weight excluding hydrogens is 210 g/mol. The number of nitrogens with zero attached hydrogens (tertiary/aromatic N) is 3. The molecule has 0 radical (unpaired) electrons. The highest BCUT2D eigenvalue weighted by molar-refractivity contribution is 5.66. The number of aliphatic carboxylic acids is 1. The topological polar surface area (TPSA) is 76.6 Å². The van der Waals surface area contributed by atoms with Crippen LogP contribution in [0.2, 0.25) is 0 Å². The van der Waals surface area contributed by atoms with Gasteiger partial charge in [-0.1, -0.05) is 6.92 Å². The third-order valence-corrected chi connectivity index (χ3v) is 2.32. The maximum Gasteiger partial charge on any atom is 0.325 e. The van der Waals surface area contributed by atoms with Crippen molar-refractivity contribution >= 4 is 11.5 Å². The van der Waals surface area contributed by atoms with Gasteiger partial charge in [0.2, 0.25) is 0 Å². The molecule has 0 atom stereocenters. The van der Waals surface area contributed by atoms with Gasteiger partial charge >= 0.3 is 5.97 Å². The van der Waals surface area contributed by atoms with Crippen LogP contribution in [-0.4, -0.2) is 25.3 Å². The van der Waals surface area contributed by atoms with Gasteiger partial charge in [0.15, 0.2) is 0 Å². The van der Waals surface area contributed by atoms with E-state index in [0.29, 0.717) is 17.8 Å². The zero-order valence-electron chi connectivity index (χ0n) is 8.75. The van der Waals surface area contributed by atoms with Crippen molar-refractivity contribution in [2.24, 2.45) is 0 Å². The van der Waals surface area contributed by atoms with Gasteiger partial charge in [-0.2, -0.15) is 5.10 Å². The first kappa shape index (κ1) is 10.4. The summed E-state index contributed by atoms with van der Waals surface area (Å²) in [7, 11) is 0. The molecule has 1 N–H and O–H groups in total. The highest BCUT2D eigenvalue weighted by atomic mass is 16.4. The molecule has 0 spiro atoms. The van der Waals surface area contributed by atoms with Gasteiger partial charge < -0.3 is 5.11 Å². The molecule has 0 aliphatic heterocycles. The summed E-state index contributed by atoms with van der Waals surface area (Å²) in [6.45, 7) is 1.49. The number of rotatable bonds is 3. The van der Waals surface area contributed by atoms with Crippen molar-refractivity contribution < 1.29 is 9.90 Å². The van der Waals surface area contributed by atoms with E-state index < -0.39 is 12.5 Å². The van der Waals surface area contributed by atoms with Crippen LogP contribution < -0.4 is 5.56 Å². The van der Waals surface area contributed by atoms with Gasteiger partial charge in [0, 0.05) is 12.6 Å². The van der Waals surface area contributed by atoms with Crippen molar-refractivity contribution in [3.05, 3.63) is 34.5 Å². The van der Waals surface area contributed by atoms with Gasteiger partial charge in [0.25, 0.3) is 5.56 Å². The lowest BCUT2D eigenvalue weighted by Crippen LogP contribution is -2.29. The highest BCUT2D eigenvalue weighted by Crippen LogP contribution is 2.02. The average molecular weight is 221 g/mol. The largest absolute Gasteiger partial charge is 0.480 e. The van der Waals surface area contributed by atoms with E-state index in [1.54, 1.807) is 22.7 Å². The number of aromatic nitrogens is 3. The molecule has 0 unspecified atom stereocenters. The smallest absolute Gasteiger partial charge is 0.325 e. The molecule has 0 bridgehead atoms. The molecule has 6 heteroatoms. The number of hydrogen-bond donors (Lipinski definition) is 1. The fourth-order valence-corrected chi connectivity index (χ4v) is 1.62. The number of aryl methyl sites for hydroxylation is 1. The Kier molecular flexibility index (Phi) is 2.47. The summed E-state index contributed by atoms with van der Waals surface area (Å²) in [5.41, 5.74) is 0.0673. The Hall–Kier alpha value is -2.11. The zero-order chi connectivity index (χ0) is 11.7. The van der Waals surface area contributed by atoms with E-state index in [2.05, 4.69) is 5.10 Å². The van der Waals surface area contributed by atoms with Crippen LogP contribution in [0.3, 0.4) is 0 Å². The molecule has 0 saturated heterocycles. The Morgan fingerprint density at radius 3 is 2.94 bits per heavy atom. The van der Waals surface area contributed by atoms with E-state index in [0.717, 1.165) is 4.68 Å². The molecule has 84 valence electrons. The van der Waals surface area contributed by atoms with Crippen molar-refractivity contribution in [3.63, 3.8) is 0 Å². The maximum absolute atomic E-state index is 11.8. The Balaban J connectivity index is 2.71. The molecule has 6 nitrogen and oxygen atoms in total. The summed E-state index contributed by atoms with van der Waals surface area (Å²) >= 11 is 0. The van der Waals surface area contributed by atoms with Crippen molar-refractivity contribution in [2.75, 3.05) is 0 Å². The molecule has 16 heavy (non-hydrogen) atoms. The van der Waals surface area contributed by atoms with Gasteiger partial charge in [0.1, 0.15) is 17.9 Å². The molecule has 0 aliphatic carbocycles. The minimum absolute atomic E-state index is 0.385. The van der Waals surface area contributed by atoms with E-state index in [4.69, 9.17) is 5.11 Å². The monoisotopic (exact) mass is 221 g/mol. The van der Waals surface area contributed by atoms with Crippen LogP contribution >= 0.6 is 0 Å². The Morgan fingerprint density at radius 2 is 2.31 bits per heavy atom. The average Bonchev–Trinajstić information content (AvgIpc) is 2.70. The molecule has 2 aromatic rings. The van der Waals surface area contributed by atoms with E-state index in [-0.39, 0.29) is 5.56 Å². The Morgan fingerprint density at radius 1 is 1.56 bits per heavy atom. The summed E-state index contributed by atoms with van der Waals surface area (Å²) in [4.78, 5) is 22.4.